The highest BCUT2D eigenvalue weighted by atomic mass is 79.9. The fraction of sp³-hybridized carbons (Fsp3) is 0.238. The summed E-state index contributed by atoms with van der Waals surface area (Å²) in [7, 11) is -2.32. The largest absolute Gasteiger partial charge is 0.493 e. The van der Waals surface area contributed by atoms with Gasteiger partial charge in [-0.05, 0) is 79.4 Å². The quantitative estimate of drug-likeness (QED) is 0.375. The number of ether oxygens (including phenoxy) is 4. The maximum atomic E-state index is 12.4. The van der Waals surface area contributed by atoms with E-state index in [0.717, 1.165) is 10.8 Å². The highest BCUT2D eigenvalue weighted by Crippen LogP contribution is 2.37. The van der Waals surface area contributed by atoms with E-state index in [1.54, 1.807) is 24.3 Å². The van der Waals surface area contributed by atoms with E-state index in [9.17, 15) is 16.8 Å². The standard InChI is InChI=1S/C21H22Br2O8S2/c1-28-18-11-14(9-16(22)20(18)30-3)5-7-32(24,25)13-33(26,27)8-6-15-10-17(23)21(31-4)19(12-15)29-2/h5-12H,13H2,1-4H3/b7-5+,8-6+. The molecule has 2 aromatic carbocycles. The van der Waals surface area contributed by atoms with Gasteiger partial charge in [0.05, 0.1) is 37.4 Å². The number of hydrogen-bond acceptors (Lipinski definition) is 8. The first kappa shape index (κ1) is 27.2. The van der Waals surface area contributed by atoms with Crippen LogP contribution >= 0.6 is 31.9 Å². The minimum Gasteiger partial charge on any atom is -0.493 e. The zero-order chi connectivity index (χ0) is 24.8. The van der Waals surface area contributed by atoms with E-state index in [-0.39, 0.29) is 0 Å². The summed E-state index contributed by atoms with van der Waals surface area (Å²) in [6.07, 6.45) is 2.57. The molecule has 0 N–H and O–H groups in total. The molecule has 0 aliphatic rings. The predicted molar refractivity (Wildman–Crippen MR) is 135 cm³/mol. The van der Waals surface area contributed by atoms with Crippen LogP contribution in [0.15, 0.2) is 44.0 Å². The Morgan fingerprint density at radius 1 is 0.667 bits per heavy atom. The van der Waals surface area contributed by atoms with Crippen LogP contribution in [0.5, 0.6) is 23.0 Å². The van der Waals surface area contributed by atoms with Gasteiger partial charge in [0.25, 0.3) is 0 Å². The van der Waals surface area contributed by atoms with Gasteiger partial charge in [-0.2, -0.15) is 0 Å². The van der Waals surface area contributed by atoms with E-state index < -0.39 is 24.8 Å². The number of hydrogen-bond donors (Lipinski definition) is 0. The number of methoxy groups -OCH3 is 4. The van der Waals surface area contributed by atoms with Gasteiger partial charge in [0, 0.05) is 10.8 Å². The third kappa shape index (κ3) is 7.49. The molecule has 180 valence electrons. The van der Waals surface area contributed by atoms with Crippen LogP contribution in [-0.2, 0) is 19.7 Å². The monoisotopic (exact) mass is 624 g/mol. The molecule has 0 heterocycles. The Labute approximate surface area is 210 Å². The molecule has 0 fully saturated rings. The van der Waals surface area contributed by atoms with Crippen molar-refractivity contribution in [3.8, 4) is 23.0 Å². The van der Waals surface area contributed by atoms with Gasteiger partial charge >= 0.3 is 0 Å². The SMILES string of the molecule is COc1cc(/C=C/S(=O)(=O)CS(=O)(=O)/C=C/c2cc(Br)c(OC)c(OC)c2)cc(Br)c1OC. The Morgan fingerprint density at radius 3 is 1.33 bits per heavy atom. The van der Waals surface area contributed by atoms with E-state index in [0.29, 0.717) is 43.1 Å². The molecule has 0 unspecified atom stereocenters. The van der Waals surface area contributed by atoms with Crippen LogP contribution in [0.1, 0.15) is 11.1 Å². The second kappa shape index (κ2) is 11.4. The van der Waals surface area contributed by atoms with E-state index in [1.165, 1.54) is 40.6 Å². The van der Waals surface area contributed by atoms with Crippen LogP contribution in [0.2, 0.25) is 0 Å². The molecule has 0 radical (unpaired) electrons. The van der Waals surface area contributed by atoms with Gasteiger partial charge in [-0.1, -0.05) is 0 Å². The number of rotatable bonds is 10. The van der Waals surface area contributed by atoms with Crippen molar-refractivity contribution >= 4 is 63.7 Å². The van der Waals surface area contributed by atoms with Gasteiger partial charge < -0.3 is 18.9 Å². The van der Waals surface area contributed by atoms with Crippen molar-refractivity contribution in [3.05, 3.63) is 55.2 Å². The van der Waals surface area contributed by atoms with E-state index in [4.69, 9.17) is 18.9 Å². The summed E-state index contributed by atoms with van der Waals surface area (Å²) in [5.74, 6) is 1.68. The Balaban J connectivity index is 2.24. The average Bonchev–Trinajstić information content (AvgIpc) is 2.74. The van der Waals surface area contributed by atoms with Crippen molar-refractivity contribution in [1.82, 2.24) is 0 Å². The molecule has 12 heteroatoms. The molecule has 0 atom stereocenters. The molecule has 0 spiro atoms. The normalized spacial score (nSPS) is 12.3. The highest BCUT2D eigenvalue weighted by molar-refractivity contribution is 9.11. The lowest BCUT2D eigenvalue weighted by atomic mass is 10.2. The molecule has 0 aliphatic heterocycles. The zero-order valence-corrected chi connectivity index (χ0v) is 23.0. The number of halogens is 2. The molecule has 0 aromatic heterocycles. The van der Waals surface area contributed by atoms with Crippen LogP contribution in [0.3, 0.4) is 0 Å². The molecule has 0 amide bonds. The first-order chi connectivity index (χ1) is 15.4. The summed E-state index contributed by atoms with van der Waals surface area (Å²) in [5, 5.41) is 0.605. The van der Waals surface area contributed by atoms with Gasteiger partial charge in [0.15, 0.2) is 47.8 Å². The molecule has 0 bridgehead atoms. The molecule has 2 aromatic rings. The fourth-order valence-corrected chi connectivity index (χ4v) is 7.17. The first-order valence-electron chi connectivity index (χ1n) is 9.10. The molecule has 2 rings (SSSR count). The van der Waals surface area contributed by atoms with Crippen molar-refractivity contribution in [2.75, 3.05) is 33.5 Å². The summed E-state index contributed by atoms with van der Waals surface area (Å²) in [6, 6.07) is 6.38. The number of benzene rings is 2. The lowest BCUT2D eigenvalue weighted by Crippen LogP contribution is -2.11. The summed E-state index contributed by atoms with van der Waals surface area (Å²) in [6.45, 7) is 0. The van der Waals surface area contributed by atoms with Crippen molar-refractivity contribution in [2.45, 2.75) is 0 Å². The molecule has 0 saturated carbocycles. The fourth-order valence-electron chi connectivity index (χ4n) is 2.74. The van der Waals surface area contributed by atoms with Crippen LogP contribution in [-0.4, -0.2) is 50.4 Å². The van der Waals surface area contributed by atoms with Gasteiger partial charge in [-0.3, -0.25) is 0 Å². The molecular formula is C21H22Br2O8S2. The van der Waals surface area contributed by atoms with E-state index in [1.807, 2.05) is 0 Å². The van der Waals surface area contributed by atoms with Crippen LogP contribution in [0.4, 0.5) is 0 Å². The molecule has 0 saturated heterocycles. The maximum absolute atomic E-state index is 12.4. The van der Waals surface area contributed by atoms with Crippen LogP contribution < -0.4 is 18.9 Å². The molecule has 0 aliphatic carbocycles. The molecule has 33 heavy (non-hydrogen) atoms. The van der Waals surface area contributed by atoms with Gasteiger partial charge in [-0.15, -0.1) is 0 Å². The van der Waals surface area contributed by atoms with Crippen molar-refractivity contribution in [1.29, 1.82) is 0 Å². The lowest BCUT2D eigenvalue weighted by Gasteiger charge is -2.10. The minimum absolute atomic E-state index is 0.389. The van der Waals surface area contributed by atoms with Gasteiger partial charge in [0.1, 0.15) is 0 Å². The summed E-state index contributed by atoms with van der Waals surface area (Å²) in [5.41, 5.74) is 0.956. The summed E-state index contributed by atoms with van der Waals surface area (Å²) in [4.78, 5) is 0. The molecule has 8 nitrogen and oxygen atoms in total. The van der Waals surface area contributed by atoms with Gasteiger partial charge in [0.2, 0.25) is 0 Å². The second-order valence-electron chi connectivity index (χ2n) is 6.53. The topological polar surface area (TPSA) is 105 Å². The number of sulfone groups is 2. The van der Waals surface area contributed by atoms with Crippen LogP contribution in [0.25, 0.3) is 12.2 Å². The second-order valence-corrected chi connectivity index (χ2v) is 12.4. The zero-order valence-electron chi connectivity index (χ0n) is 18.2. The highest BCUT2D eigenvalue weighted by Gasteiger charge is 2.18. The Kier molecular flexibility index (Phi) is 9.41. The van der Waals surface area contributed by atoms with Crippen molar-refractivity contribution in [2.24, 2.45) is 0 Å². The van der Waals surface area contributed by atoms with Crippen LogP contribution in [0, 0.1) is 0 Å². The molecular weight excluding hydrogens is 604 g/mol. The Bertz CT molecular complexity index is 1180. The van der Waals surface area contributed by atoms with Crippen molar-refractivity contribution < 1.29 is 35.8 Å². The summed E-state index contributed by atoms with van der Waals surface area (Å²) < 4.78 is 71.7. The summed E-state index contributed by atoms with van der Waals surface area (Å²) >= 11 is 6.64. The lowest BCUT2D eigenvalue weighted by molar-refractivity contribution is 0.353. The maximum Gasteiger partial charge on any atom is 0.186 e. The van der Waals surface area contributed by atoms with E-state index >= 15 is 0 Å². The average molecular weight is 626 g/mol. The van der Waals surface area contributed by atoms with Gasteiger partial charge in [-0.25, -0.2) is 16.8 Å². The minimum atomic E-state index is -4.08. The first-order valence-corrected chi connectivity index (χ1v) is 14.1. The van der Waals surface area contributed by atoms with Crippen molar-refractivity contribution in [3.63, 3.8) is 0 Å². The predicted octanol–water partition coefficient (Wildman–Crippen LogP) is 4.67. The van der Waals surface area contributed by atoms with E-state index in [2.05, 4.69) is 31.9 Å². The Hall–Kier alpha value is -2.02. The third-order valence-corrected chi connectivity index (χ3v) is 9.08. The third-order valence-electron chi connectivity index (χ3n) is 4.18. The smallest absolute Gasteiger partial charge is 0.186 e. The Morgan fingerprint density at radius 2 is 1.03 bits per heavy atom.